The van der Waals surface area contributed by atoms with E-state index < -0.39 is 0 Å². The summed E-state index contributed by atoms with van der Waals surface area (Å²) in [5, 5.41) is 11.8. The number of nitrogens with zero attached hydrogens (tertiary/aromatic N) is 3. The standard InChI is InChI=1S/C17H24N4/c1-4-21-12-19-20-16(21)11-18-15-10-14(17(15,2)3)13-8-6-5-7-9-13/h5-9,12,14-15,18H,4,10-11H2,1-3H3/t14-,15-/m1/s1. The molecule has 1 aliphatic carbocycles. The summed E-state index contributed by atoms with van der Waals surface area (Å²) in [6, 6.07) is 11.4. The van der Waals surface area contributed by atoms with E-state index in [4.69, 9.17) is 0 Å². The van der Waals surface area contributed by atoms with Gasteiger partial charge in [0, 0.05) is 12.6 Å². The van der Waals surface area contributed by atoms with Gasteiger partial charge in [-0.1, -0.05) is 44.2 Å². The van der Waals surface area contributed by atoms with Crippen molar-refractivity contribution in [3.05, 3.63) is 48.0 Å². The maximum atomic E-state index is 4.19. The summed E-state index contributed by atoms with van der Waals surface area (Å²) < 4.78 is 2.09. The topological polar surface area (TPSA) is 42.7 Å². The summed E-state index contributed by atoms with van der Waals surface area (Å²) in [5.41, 5.74) is 1.73. The van der Waals surface area contributed by atoms with Crippen molar-refractivity contribution in [2.75, 3.05) is 0 Å². The van der Waals surface area contributed by atoms with Gasteiger partial charge in [-0.2, -0.15) is 0 Å². The van der Waals surface area contributed by atoms with Gasteiger partial charge in [0.15, 0.2) is 0 Å². The van der Waals surface area contributed by atoms with Gasteiger partial charge in [0.1, 0.15) is 12.2 Å². The molecule has 2 aromatic rings. The van der Waals surface area contributed by atoms with Crippen LogP contribution in [0.4, 0.5) is 0 Å². The van der Waals surface area contributed by atoms with Crippen molar-refractivity contribution in [1.29, 1.82) is 0 Å². The third-order valence-electron chi connectivity index (χ3n) is 5.01. The Hall–Kier alpha value is -1.68. The number of benzene rings is 1. The molecule has 0 spiro atoms. The minimum absolute atomic E-state index is 0.276. The van der Waals surface area contributed by atoms with E-state index in [2.05, 4.69) is 71.2 Å². The Morgan fingerprint density at radius 3 is 2.71 bits per heavy atom. The van der Waals surface area contributed by atoms with Crippen LogP contribution in [0.15, 0.2) is 36.7 Å². The van der Waals surface area contributed by atoms with Crippen molar-refractivity contribution in [1.82, 2.24) is 20.1 Å². The summed E-state index contributed by atoms with van der Waals surface area (Å²) >= 11 is 0. The van der Waals surface area contributed by atoms with E-state index in [1.807, 2.05) is 0 Å². The van der Waals surface area contributed by atoms with Crippen LogP contribution in [0.5, 0.6) is 0 Å². The molecule has 21 heavy (non-hydrogen) atoms. The predicted molar refractivity (Wildman–Crippen MR) is 83.9 cm³/mol. The Morgan fingerprint density at radius 1 is 1.29 bits per heavy atom. The van der Waals surface area contributed by atoms with Gasteiger partial charge in [0.05, 0.1) is 6.54 Å². The number of nitrogens with one attached hydrogen (secondary N) is 1. The van der Waals surface area contributed by atoms with Crippen LogP contribution in [0.1, 0.15) is 44.5 Å². The molecule has 1 aromatic heterocycles. The van der Waals surface area contributed by atoms with Crippen molar-refractivity contribution >= 4 is 0 Å². The summed E-state index contributed by atoms with van der Waals surface area (Å²) in [6.07, 6.45) is 2.99. The zero-order valence-electron chi connectivity index (χ0n) is 13.1. The minimum atomic E-state index is 0.276. The van der Waals surface area contributed by atoms with Crippen molar-refractivity contribution in [3.63, 3.8) is 0 Å². The summed E-state index contributed by atoms with van der Waals surface area (Å²) in [6.45, 7) is 8.55. The molecular formula is C17H24N4. The van der Waals surface area contributed by atoms with Gasteiger partial charge in [0.25, 0.3) is 0 Å². The first kappa shape index (κ1) is 14.3. The van der Waals surface area contributed by atoms with Crippen LogP contribution in [0, 0.1) is 5.41 Å². The van der Waals surface area contributed by atoms with Crippen LogP contribution < -0.4 is 5.32 Å². The van der Waals surface area contributed by atoms with Crippen LogP contribution in [0.2, 0.25) is 0 Å². The average molecular weight is 284 g/mol. The molecular weight excluding hydrogens is 260 g/mol. The van der Waals surface area contributed by atoms with Gasteiger partial charge >= 0.3 is 0 Å². The number of hydrogen-bond acceptors (Lipinski definition) is 3. The zero-order chi connectivity index (χ0) is 14.9. The molecule has 1 aliphatic rings. The first-order valence-corrected chi connectivity index (χ1v) is 7.78. The second kappa shape index (κ2) is 5.60. The van der Waals surface area contributed by atoms with Crippen molar-refractivity contribution in [3.8, 4) is 0 Å². The molecule has 0 radical (unpaired) electrons. The van der Waals surface area contributed by atoms with Gasteiger partial charge in [-0.05, 0) is 30.2 Å². The lowest BCUT2D eigenvalue weighted by atomic mass is 9.56. The fraction of sp³-hybridized carbons (Fsp3) is 0.529. The normalized spacial score (nSPS) is 23.8. The molecule has 0 saturated heterocycles. The van der Waals surface area contributed by atoms with Crippen LogP contribution in [-0.4, -0.2) is 20.8 Å². The Labute approximate surface area is 126 Å². The fourth-order valence-electron chi connectivity index (χ4n) is 3.42. The average Bonchev–Trinajstić information content (AvgIpc) is 2.94. The smallest absolute Gasteiger partial charge is 0.146 e. The van der Waals surface area contributed by atoms with Gasteiger partial charge in [-0.15, -0.1) is 10.2 Å². The highest BCUT2D eigenvalue weighted by atomic mass is 15.3. The SMILES string of the molecule is CCn1cnnc1CN[C@@H]1C[C@H](c2ccccc2)C1(C)C. The molecule has 1 heterocycles. The minimum Gasteiger partial charge on any atom is -0.317 e. The Morgan fingerprint density at radius 2 is 2.05 bits per heavy atom. The van der Waals surface area contributed by atoms with Gasteiger partial charge in [-0.25, -0.2) is 0 Å². The molecule has 0 unspecified atom stereocenters. The van der Waals surface area contributed by atoms with Gasteiger partial charge in [0.2, 0.25) is 0 Å². The van der Waals surface area contributed by atoms with E-state index in [0.29, 0.717) is 12.0 Å². The maximum Gasteiger partial charge on any atom is 0.146 e. The van der Waals surface area contributed by atoms with Gasteiger partial charge < -0.3 is 9.88 Å². The third kappa shape index (κ3) is 2.60. The molecule has 4 heteroatoms. The largest absolute Gasteiger partial charge is 0.317 e. The van der Waals surface area contributed by atoms with E-state index in [0.717, 1.165) is 18.9 Å². The highest BCUT2D eigenvalue weighted by Crippen LogP contribution is 2.52. The second-order valence-corrected chi connectivity index (χ2v) is 6.49. The summed E-state index contributed by atoms with van der Waals surface area (Å²) in [7, 11) is 0. The maximum absolute atomic E-state index is 4.19. The highest BCUT2D eigenvalue weighted by molar-refractivity contribution is 5.27. The lowest BCUT2D eigenvalue weighted by Crippen LogP contribution is -2.55. The van der Waals surface area contributed by atoms with E-state index in [-0.39, 0.29) is 5.41 Å². The highest BCUT2D eigenvalue weighted by Gasteiger charge is 2.48. The Balaban J connectivity index is 1.62. The number of rotatable bonds is 5. The zero-order valence-corrected chi connectivity index (χ0v) is 13.1. The first-order chi connectivity index (χ1) is 10.1. The molecule has 0 bridgehead atoms. The number of aryl methyl sites for hydroxylation is 1. The molecule has 1 N–H and O–H groups in total. The fourth-order valence-corrected chi connectivity index (χ4v) is 3.42. The molecule has 4 nitrogen and oxygen atoms in total. The first-order valence-electron chi connectivity index (χ1n) is 7.78. The quantitative estimate of drug-likeness (QED) is 0.918. The number of aromatic nitrogens is 3. The Bertz CT molecular complexity index is 588. The van der Waals surface area contributed by atoms with Crippen LogP contribution in [0.3, 0.4) is 0 Å². The predicted octanol–water partition coefficient (Wildman–Crippen LogP) is 2.97. The van der Waals surface area contributed by atoms with E-state index in [9.17, 15) is 0 Å². The lowest BCUT2D eigenvalue weighted by Gasteiger charge is -2.53. The van der Waals surface area contributed by atoms with Crippen molar-refractivity contribution in [2.24, 2.45) is 5.41 Å². The molecule has 0 aliphatic heterocycles. The molecule has 1 saturated carbocycles. The summed E-state index contributed by atoms with van der Waals surface area (Å²) in [5.74, 6) is 1.66. The van der Waals surface area contributed by atoms with Crippen molar-refractivity contribution < 1.29 is 0 Å². The van der Waals surface area contributed by atoms with E-state index in [1.165, 1.54) is 12.0 Å². The van der Waals surface area contributed by atoms with Crippen LogP contribution in [0.25, 0.3) is 0 Å². The third-order valence-corrected chi connectivity index (χ3v) is 5.01. The summed E-state index contributed by atoms with van der Waals surface area (Å²) in [4.78, 5) is 0. The molecule has 1 aromatic carbocycles. The van der Waals surface area contributed by atoms with Crippen molar-refractivity contribution in [2.45, 2.75) is 52.2 Å². The van der Waals surface area contributed by atoms with Gasteiger partial charge in [-0.3, -0.25) is 0 Å². The van der Waals surface area contributed by atoms with E-state index in [1.54, 1.807) is 6.33 Å². The Kier molecular flexibility index (Phi) is 3.81. The molecule has 112 valence electrons. The molecule has 0 amide bonds. The van der Waals surface area contributed by atoms with E-state index >= 15 is 0 Å². The molecule has 2 atom stereocenters. The monoisotopic (exact) mass is 284 g/mol. The number of hydrogen-bond donors (Lipinski definition) is 1. The lowest BCUT2D eigenvalue weighted by molar-refractivity contribution is 0.0671. The van der Waals surface area contributed by atoms with Crippen LogP contribution in [-0.2, 0) is 13.1 Å². The molecule has 1 fully saturated rings. The molecule has 3 rings (SSSR count). The second-order valence-electron chi connectivity index (χ2n) is 6.49. The van der Waals surface area contributed by atoms with Crippen LogP contribution >= 0.6 is 0 Å².